The molecule has 0 spiro atoms. The fourth-order valence-corrected chi connectivity index (χ4v) is 8.40. The number of nitrogens with zero attached hydrogens (tertiary/aromatic N) is 1. The zero-order valence-electron chi connectivity index (χ0n) is 35.5. The third-order valence-electron chi connectivity index (χ3n) is 11.3. The number of carbonyl (C=O) groups is 4. The van der Waals surface area contributed by atoms with Crippen molar-refractivity contribution >= 4 is 70.4 Å². The van der Waals surface area contributed by atoms with Gasteiger partial charge in [-0.05, 0) is 147 Å². The molecule has 9 N–H and O–H groups in total. The van der Waals surface area contributed by atoms with E-state index in [4.69, 9.17) is 11.1 Å². The number of amidine groups is 1. The lowest BCUT2D eigenvalue weighted by Gasteiger charge is -2.41. The highest BCUT2D eigenvalue weighted by Gasteiger charge is 2.46. The summed E-state index contributed by atoms with van der Waals surface area (Å²) in [6.45, 7) is 0. The van der Waals surface area contributed by atoms with Crippen LogP contribution in [0.5, 0.6) is 0 Å². The quantitative estimate of drug-likeness (QED) is 0.0178. The van der Waals surface area contributed by atoms with Crippen LogP contribution in [0.25, 0.3) is 0 Å². The van der Waals surface area contributed by atoms with E-state index in [1.807, 2.05) is 6.26 Å². The average Bonchev–Trinajstić information content (AvgIpc) is 3.72. The van der Waals surface area contributed by atoms with Crippen LogP contribution in [0.2, 0.25) is 0 Å². The maximum Gasteiger partial charge on any atom is 0.258 e. The molecule has 8 rings (SSSR count). The van der Waals surface area contributed by atoms with Gasteiger partial charge in [0.1, 0.15) is 23.3 Å². The van der Waals surface area contributed by atoms with Gasteiger partial charge in [-0.2, -0.15) is 0 Å². The first kappa shape index (κ1) is 46.5. The number of anilines is 4. The molecule has 0 fully saturated rings. The summed E-state index contributed by atoms with van der Waals surface area (Å²) in [7, 11) is 0. The van der Waals surface area contributed by atoms with Crippen LogP contribution in [0, 0.1) is 28.7 Å². The second-order valence-electron chi connectivity index (χ2n) is 15.9. The molecular weight excluding hydrogens is 875 g/mol. The Morgan fingerprint density at radius 1 is 0.636 bits per heavy atom. The predicted octanol–water partition coefficient (Wildman–Crippen LogP) is 8.17. The van der Waals surface area contributed by atoms with E-state index in [0.29, 0.717) is 83.0 Å². The van der Waals surface area contributed by atoms with E-state index >= 15 is 0 Å². The van der Waals surface area contributed by atoms with Crippen molar-refractivity contribution in [2.45, 2.75) is 56.0 Å². The molecule has 2 unspecified atom stereocenters. The van der Waals surface area contributed by atoms with Crippen LogP contribution >= 0.6 is 11.9 Å². The maximum absolute atomic E-state index is 13.5. The van der Waals surface area contributed by atoms with Crippen LogP contribution < -0.4 is 37.6 Å². The van der Waals surface area contributed by atoms with Crippen molar-refractivity contribution < 1.29 is 36.7 Å². The van der Waals surface area contributed by atoms with Crippen molar-refractivity contribution in [2.75, 3.05) is 27.5 Å². The molecule has 4 aromatic carbocycles. The van der Waals surface area contributed by atoms with Crippen molar-refractivity contribution in [2.24, 2.45) is 10.1 Å². The highest BCUT2D eigenvalue weighted by molar-refractivity contribution is 7.97. The summed E-state index contributed by atoms with van der Waals surface area (Å²) in [6.07, 6.45) is 9.73. The highest BCUT2D eigenvalue weighted by Crippen LogP contribution is 2.43. The van der Waals surface area contributed by atoms with Crippen LogP contribution in [0.3, 0.4) is 0 Å². The first-order chi connectivity index (χ1) is 31.7. The van der Waals surface area contributed by atoms with E-state index in [1.165, 1.54) is 60.5 Å². The van der Waals surface area contributed by atoms with Gasteiger partial charge in [0, 0.05) is 77.0 Å². The minimum Gasteiger partial charge on any atom is -0.388 e. The number of nitrogens with one attached hydrogen (secondary N) is 7. The zero-order valence-corrected chi connectivity index (χ0v) is 36.3. The Morgan fingerprint density at radius 3 is 1.39 bits per heavy atom. The molecule has 66 heavy (non-hydrogen) atoms. The normalized spacial score (nSPS) is 19.8. The van der Waals surface area contributed by atoms with E-state index < -0.39 is 34.7 Å². The number of imide groups is 2. The lowest BCUT2D eigenvalue weighted by molar-refractivity contribution is -0.125. The van der Waals surface area contributed by atoms with E-state index in [9.17, 15) is 36.7 Å². The summed E-state index contributed by atoms with van der Waals surface area (Å²) in [6, 6.07) is 23.4. The third kappa shape index (κ3) is 10.9. The summed E-state index contributed by atoms with van der Waals surface area (Å²) in [5.41, 5.74) is 8.84. The molecule has 2 atom stereocenters. The molecule has 2 heterocycles. The minimum absolute atomic E-state index is 0.0356. The number of rotatable bonds is 16. The molecule has 0 radical (unpaired) electrons. The first-order valence-corrected chi connectivity index (χ1v) is 22.0. The SMILES string of the molecule is CSN=CCCC1(Nc2ccc(F)cc2)CC2=C(C=C1Nc1ccc(F)cc1)C(=O)NC2=O.N=C(N)CCCC1(Nc2ccc(F)cc2)CC2=C(C=C1Nc1ccc(F)cc1)C(=O)NC2=O. The summed E-state index contributed by atoms with van der Waals surface area (Å²) in [5, 5.41) is 25.7. The molecule has 2 aliphatic carbocycles. The highest BCUT2D eigenvalue weighted by atomic mass is 32.2. The Labute approximate surface area is 381 Å². The molecule has 0 saturated heterocycles. The van der Waals surface area contributed by atoms with Gasteiger partial charge in [0.2, 0.25) is 0 Å². The number of carbonyl (C=O) groups excluding carboxylic acids is 4. The largest absolute Gasteiger partial charge is 0.388 e. The molecule has 2 aliphatic heterocycles. The molecule has 0 bridgehead atoms. The van der Waals surface area contributed by atoms with Gasteiger partial charge < -0.3 is 27.0 Å². The first-order valence-electron chi connectivity index (χ1n) is 20.8. The van der Waals surface area contributed by atoms with Gasteiger partial charge in [-0.1, -0.05) is 0 Å². The van der Waals surface area contributed by atoms with Crippen molar-refractivity contribution in [3.8, 4) is 0 Å². The summed E-state index contributed by atoms with van der Waals surface area (Å²) < 4.78 is 58.1. The van der Waals surface area contributed by atoms with E-state index in [2.05, 4.69) is 36.3 Å². The molecule has 0 saturated carbocycles. The van der Waals surface area contributed by atoms with Crippen LogP contribution in [-0.2, 0) is 19.2 Å². The number of nitrogens with two attached hydrogens (primary N) is 1. The van der Waals surface area contributed by atoms with Crippen molar-refractivity contribution in [1.29, 1.82) is 5.41 Å². The average molecular weight is 920 g/mol. The van der Waals surface area contributed by atoms with Crippen molar-refractivity contribution in [3.05, 3.63) is 166 Å². The molecule has 4 aromatic rings. The van der Waals surface area contributed by atoms with Gasteiger partial charge in [0.15, 0.2) is 0 Å². The van der Waals surface area contributed by atoms with E-state index in [-0.39, 0.29) is 47.5 Å². The Balaban J connectivity index is 0.000000196. The summed E-state index contributed by atoms with van der Waals surface area (Å²) >= 11 is 1.34. The maximum atomic E-state index is 13.5. The molecule has 0 aromatic heterocycles. The number of amides is 4. The zero-order chi connectivity index (χ0) is 47.0. The second kappa shape index (κ2) is 20.1. The van der Waals surface area contributed by atoms with Gasteiger partial charge >= 0.3 is 0 Å². The minimum atomic E-state index is -0.900. The number of hydrogen-bond acceptors (Lipinski definition) is 11. The predicted molar refractivity (Wildman–Crippen MR) is 248 cm³/mol. The van der Waals surface area contributed by atoms with Crippen LogP contribution in [0.1, 0.15) is 44.9 Å². The molecule has 4 amide bonds. The molecule has 340 valence electrons. The lowest BCUT2D eigenvalue weighted by atomic mass is 9.77. The topological polar surface area (TPSA) is 203 Å². The summed E-state index contributed by atoms with van der Waals surface area (Å²) in [4.78, 5) is 49.7. The standard InChI is InChI=1S/C24H23F2N5O2.C24H22F2N4O2S/c25-14-3-7-16(8-4-14)29-20-12-18-19(23(33)30-22(18)32)13-24(20,11-1-2-21(27)28)31-17-9-5-15(26)6-10-17;1-33-27-12-2-11-24(30-18-9-5-16(26)6-10-18)14-20-19(22(31)29-23(20)32)13-21(24)28-17-7-3-15(25)4-8-17/h3-10,12,29,31H,1-2,11,13H2,(H3,27,28)(H,30,32,33);3-10,12-13,28,30H,2,11,14H2,1H3,(H,29,31,32). The Bertz CT molecular complexity index is 2710. The van der Waals surface area contributed by atoms with E-state index in [0.717, 1.165) is 0 Å². The van der Waals surface area contributed by atoms with Crippen LogP contribution in [0.15, 0.2) is 147 Å². The van der Waals surface area contributed by atoms with Crippen LogP contribution in [-0.4, -0.2) is 53.0 Å². The van der Waals surface area contributed by atoms with Gasteiger partial charge in [0.05, 0.1) is 28.1 Å². The lowest BCUT2D eigenvalue weighted by Crippen LogP contribution is -2.45. The molecule has 13 nitrogen and oxygen atoms in total. The summed E-state index contributed by atoms with van der Waals surface area (Å²) in [5.74, 6) is -3.28. The number of benzene rings is 4. The fourth-order valence-electron chi connectivity index (χ4n) is 8.15. The molecular formula is C48H45F4N9O4S. The van der Waals surface area contributed by atoms with Gasteiger partial charge in [-0.25, -0.2) is 22.0 Å². The molecule has 4 aliphatic rings. The van der Waals surface area contributed by atoms with E-state index in [1.54, 1.807) is 66.9 Å². The number of hydrogen-bond donors (Lipinski definition) is 8. The van der Waals surface area contributed by atoms with Gasteiger partial charge in [-0.15, -0.1) is 0 Å². The third-order valence-corrected chi connectivity index (χ3v) is 11.7. The second-order valence-corrected chi connectivity index (χ2v) is 16.5. The monoisotopic (exact) mass is 919 g/mol. The van der Waals surface area contributed by atoms with Crippen LogP contribution in [0.4, 0.5) is 40.3 Å². The Kier molecular flexibility index (Phi) is 14.2. The smallest absolute Gasteiger partial charge is 0.258 e. The van der Waals surface area contributed by atoms with Gasteiger partial charge in [0.25, 0.3) is 23.6 Å². The Morgan fingerprint density at radius 2 is 1.02 bits per heavy atom. The fraction of sp³-hybridized carbons (Fsp3) is 0.208. The number of halogens is 4. The van der Waals surface area contributed by atoms with Gasteiger partial charge in [-0.3, -0.25) is 35.2 Å². The van der Waals surface area contributed by atoms with Crippen molar-refractivity contribution in [1.82, 2.24) is 10.6 Å². The molecule has 18 heteroatoms. The Hall–Kier alpha value is -7.47. The van der Waals surface area contributed by atoms with Crippen molar-refractivity contribution in [3.63, 3.8) is 0 Å².